The summed E-state index contributed by atoms with van der Waals surface area (Å²) >= 11 is 0. The van der Waals surface area contributed by atoms with Gasteiger partial charge < -0.3 is 4.90 Å². The molecule has 1 aliphatic heterocycles. The van der Waals surface area contributed by atoms with Gasteiger partial charge in [0.05, 0.1) is 0 Å². The third kappa shape index (κ3) is 1.03. The van der Waals surface area contributed by atoms with Crippen LogP contribution in [0, 0.1) is 18.9 Å². The Morgan fingerprint density at radius 3 is 2.12 bits per heavy atom. The number of rotatable bonds is 1. The van der Waals surface area contributed by atoms with E-state index in [2.05, 4.69) is 25.8 Å². The Morgan fingerprint density at radius 1 is 1.50 bits per heavy atom. The lowest BCUT2D eigenvalue weighted by Gasteiger charge is -2.45. The van der Waals surface area contributed by atoms with Crippen LogP contribution in [0.5, 0.6) is 0 Å². The lowest BCUT2D eigenvalue weighted by molar-refractivity contribution is 0.115. The molecule has 48 valence electrons. The minimum absolute atomic E-state index is 0.855. The molecule has 0 aromatic rings. The van der Waals surface area contributed by atoms with Crippen molar-refractivity contribution in [3.63, 3.8) is 0 Å². The average molecular weight is 112 g/mol. The normalized spacial score (nSPS) is 24.0. The summed E-state index contributed by atoms with van der Waals surface area (Å²) in [6.07, 6.45) is 0. The summed E-state index contributed by atoms with van der Waals surface area (Å²) in [5.74, 6) is 1.78. The van der Waals surface area contributed by atoms with Crippen LogP contribution in [-0.4, -0.2) is 18.0 Å². The fourth-order valence-electron chi connectivity index (χ4n) is 1.03. The van der Waals surface area contributed by atoms with Gasteiger partial charge >= 0.3 is 0 Å². The summed E-state index contributed by atoms with van der Waals surface area (Å²) < 4.78 is 0. The van der Waals surface area contributed by atoms with Crippen LogP contribution in [-0.2, 0) is 0 Å². The Bertz CT molecular complexity index is 72.5. The van der Waals surface area contributed by atoms with Crippen molar-refractivity contribution in [1.82, 2.24) is 4.90 Å². The topological polar surface area (TPSA) is 3.24 Å². The Balaban J connectivity index is 2.15. The smallest absolute Gasteiger partial charge is 0.0183 e. The molecule has 1 heteroatoms. The van der Waals surface area contributed by atoms with Gasteiger partial charge in [0.2, 0.25) is 0 Å². The second-order valence-corrected chi connectivity index (χ2v) is 3.04. The van der Waals surface area contributed by atoms with E-state index in [-0.39, 0.29) is 0 Å². The fraction of sp³-hybridized carbons (Fsp3) is 0.857. The van der Waals surface area contributed by atoms with E-state index in [4.69, 9.17) is 0 Å². The summed E-state index contributed by atoms with van der Waals surface area (Å²) in [4.78, 5) is 2.12. The highest BCUT2D eigenvalue weighted by molar-refractivity contribution is 4.80. The van der Waals surface area contributed by atoms with E-state index in [1.54, 1.807) is 0 Å². The first-order valence-electron chi connectivity index (χ1n) is 3.25. The van der Waals surface area contributed by atoms with E-state index in [0.717, 1.165) is 11.8 Å². The highest BCUT2D eigenvalue weighted by atomic mass is 15.2. The van der Waals surface area contributed by atoms with E-state index in [1.807, 2.05) is 0 Å². The molecular formula is C7H14N-. The van der Waals surface area contributed by atoms with E-state index in [1.165, 1.54) is 13.1 Å². The Morgan fingerprint density at radius 2 is 2.00 bits per heavy atom. The van der Waals surface area contributed by atoms with Crippen molar-refractivity contribution in [2.24, 2.45) is 11.8 Å². The molecule has 0 radical (unpaired) electrons. The van der Waals surface area contributed by atoms with Gasteiger partial charge in [0.25, 0.3) is 0 Å². The van der Waals surface area contributed by atoms with Gasteiger partial charge in [0.1, 0.15) is 0 Å². The maximum Gasteiger partial charge on any atom is -0.0183 e. The predicted molar refractivity (Wildman–Crippen MR) is 35.3 cm³/mol. The van der Waals surface area contributed by atoms with Crippen LogP contribution in [0.3, 0.4) is 0 Å². The van der Waals surface area contributed by atoms with E-state index in [0.29, 0.717) is 0 Å². The minimum Gasteiger partial charge on any atom is -0.459 e. The van der Waals surface area contributed by atoms with Crippen LogP contribution >= 0.6 is 0 Å². The first-order chi connectivity index (χ1) is 3.70. The molecule has 0 spiro atoms. The summed E-state index contributed by atoms with van der Waals surface area (Å²) in [5.41, 5.74) is 0. The highest BCUT2D eigenvalue weighted by Gasteiger charge is 2.21. The van der Waals surface area contributed by atoms with Gasteiger partial charge in [-0.2, -0.15) is 0 Å². The quantitative estimate of drug-likeness (QED) is 0.463. The monoisotopic (exact) mass is 112 g/mol. The lowest BCUT2D eigenvalue weighted by atomic mass is 9.89. The summed E-state index contributed by atoms with van der Waals surface area (Å²) in [5, 5.41) is 0. The predicted octanol–water partition coefficient (Wildman–Crippen LogP) is 1.37. The lowest BCUT2D eigenvalue weighted by Crippen LogP contribution is -2.44. The van der Waals surface area contributed by atoms with Crippen LogP contribution in [0.2, 0.25) is 0 Å². The van der Waals surface area contributed by atoms with Gasteiger partial charge in [-0.25, -0.2) is 0 Å². The molecule has 0 bridgehead atoms. The Kier molecular flexibility index (Phi) is 1.57. The molecule has 0 atom stereocenters. The van der Waals surface area contributed by atoms with E-state index < -0.39 is 0 Å². The first kappa shape index (κ1) is 6.09. The molecule has 0 aromatic heterocycles. The Hall–Kier alpha value is -0.0400. The second-order valence-electron chi connectivity index (χ2n) is 3.04. The standard InChI is InChI=1S/C7H14N/c1-6(2)7-4-8(3)5-7/h6-7H,3-5H2,1-2H3/q-1. The molecule has 1 heterocycles. The first-order valence-corrected chi connectivity index (χ1v) is 3.25. The molecule has 0 unspecified atom stereocenters. The molecule has 0 saturated carbocycles. The zero-order chi connectivity index (χ0) is 6.15. The summed E-state index contributed by atoms with van der Waals surface area (Å²) in [6, 6.07) is 0. The fourth-order valence-corrected chi connectivity index (χ4v) is 1.03. The zero-order valence-electron chi connectivity index (χ0n) is 5.72. The van der Waals surface area contributed by atoms with Crippen LogP contribution in [0.25, 0.3) is 0 Å². The molecule has 0 aromatic carbocycles. The van der Waals surface area contributed by atoms with Gasteiger partial charge in [-0.05, 0) is 24.9 Å². The van der Waals surface area contributed by atoms with Crippen LogP contribution in [0.15, 0.2) is 0 Å². The average Bonchev–Trinajstić information content (AvgIpc) is 1.57. The number of hydrogen-bond donors (Lipinski definition) is 0. The second kappa shape index (κ2) is 2.06. The highest BCUT2D eigenvalue weighted by Crippen LogP contribution is 2.21. The number of hydrogen-bond acceptors (Lipinski definition) is 1. The third-order valence-electron chi connectivity index (χ3n) is 1.93. The summed E-state index contributed by atoms with van der Waals surface area (Å²) in [7, 11) is 3.81. The van der Waals surface area contributed by atoms with Crippen LogP contribution in [0.4, 0.5) is 0 Å². The zero-order valence-corrected chi connectivity index (χ0v) is 5.72. The van der Waals surface area contributed by atoms with Crippen LogP contribution < -0.4 is 0 Å². The maximum atomic E-state index is 3.81. The van der Waals surface area contributed by atoms with Crippen molar-refractivity contribution >= 4 is 0 Å². The van der Waals surface area contributed by atoms with Crippen LogP contribution in [0.1, 0.15) is 13.8 Å². The van der Waals surface area contributed by atoms with Gasteiger partial charge in [0.15, 0.2) is 0 Å². The van der Waals surface area contributed by atoms with Gasteiger partial charge in [-0.15, -0.1) is 0 Å². The SMILES string of the molecule is [CH2-]N1CC(C(C)C)C1. The minimum atomic E-state index is 0.855. The maximum absolute atomic E-state index is 3.81. The van der Waals surface area contributed by atoms with Gasteiger partial charge in [0, 0.05) is 0 Å². The molecule has 0 N–H and O–H groups in total. The van der Waals surface area contributed by atoms with Gasteiger partial charge in [-0.3, -0.25) is 7.05 Å². The van der Waals surface area contributed by atoms with Crippen molar-refractivity contribution in [3.8, 4) is 0 Å². The largest absolute Gasteiger partial charge is 0.459 e. The molecule has 1 nitrogen and oxygen atoms in total. The van der Waals surface area contributed by atoms with Gasteiger partial charge in [-0.1, -0.05) is 13.8 Å². The molecule has 0 aliphatic carbocycles. The summed E-state index contributed by atoms with van der Waals surface area (Å²) in [6.45, 7) is 6.96. The van der Waals surface area contributed by atoms with Crippen molar-refractivity contribution in [2.75, 3.05) is 13.1 Å². The van der Waals surface area contributed by atoms with Crippen molar-refractivity contribution in [1.29, 1.82) is 0 Å². The molecular weight excluding hydrogens is 98.1 g/mol. The van der Waals surface area contributed by atoms with E-state index >= 15 is 0 Å². The Labute approximate surface area is 51.7 Å². The molecule has 1 saturated heterocycles. The molecule has 0 amide bonds. The molecule has 1 fully saturated rings. The number of likely N-dealkylation sites (tertiary alicyclic amines) is 1. The van der Waals surface area contributed by atoms with Crippen molar-refractivity contribution in [2.45, 2.75) is 13.8 Å². The number of nitrogens with zero attached hydrogens (tertiary/aromatic N) is 1. The molecule has 1 rings (SSSR count). The van der Waals surface area contributed by atoms with Crippen molar-refractivity contribution < 1.29 is 0 Å². The third-order valence-corrected chi connectivity index (χ3v) is 1.93. The van der Waals surface area contributed by atoms with Crippen molar-refractivity contribution in [3.05, 3.63) is 7.05 Å². The molecule has 1 aliphatic rings. The van der Waals surface area contributed by atoms with E-state index in [9.17, 15) is 0 Å². The molecule has 8 heavy (non-hydrogen) atoms.